The molecule has 0 unspecified atom stereocenters. The molecule has 1 fully saturated rings. The Morgan fingerprint density at radius 1 is 0.821 bits per heavy atom. The second-order valence-corrected chi connectivity index (χ2v) is 8.15. The summed E-state index contributed by atoms with van der Waals surface area (Å²) < 4.78 is 0. The van der Waals surface area contributed by atoms with Crippen LogP contribution in [0.4, 0.5) is 11.4 Å². The fourth-order valence-corrected chi connectivity index (χ4v) is 4.90. The van der Waals surface area contributed by atoms with Gasteiger partial charge >= 0.3 is 0 Å². The van der Waals surface area contributed by atoms with Crippen LogP contribution in [0.15, 0.2) is 54.6 Å². The summed E-state index contributed by atoms with van der Waals surface area (Å²) in [6.07, 6.45) is 0. The summed E-state index contributed by atoms with van der Waals surface area (Å²) >= 11 is 1.95. The predicted molar refractivity (Wildman–Crippen MR) is 113 cm³/mol. The number of phenolic OH excluding ortho intramolecular Hbond substituents is 1. The number of phenols is 1. The molecule has 3 aromatic carbocycles. The number of benzene rings is 3. The van der Waals surface area contributed by atoms with E-state index in [2.05, 4.69) is 4.90 Å². The van der Waals surface area contributed by atoms with Crippen LogP contribution in [0.3, 0.4) is 0 Å². The normalized spacial score (nSPS) is 16.7. The van der Waals surface area contributed by atoms with Crippen molar-refractivity contribution in [2.45, 2.75) is 0 Å². The lowest BCUT2D eigenvalue weighted by molar-refractivity contribution is 0.0893. The van der Waals surface area contributed by atoms with Crippen LogP contribution in [-0.2, 0) is 0 Å². The number of hydrogen-bond donors (Lipinski definition) is 1. The van der Waals surface area contributed by atoms with Gasteiger partial charge in [0.25, 0.3) is 11.8 Å². The molecule has 0 saturated carbocycles. The highest BCUT2D eigenvalue weighted by Gasteiger charge is 2.34. The molecule has 5 nitrogen and oxygen atoms in total. The van der Waals surface area contributed by atoms with E-state index in [0.29, 0.717) is 16.8 Å². The minimum atomic E-state index is -0.333. The maximum atomic E-state index is 13.2. The molecule has 0 atom stereocenters. The summed E-state index contributed by atoms with van der Waals surface area (Å²) in [6.45, 7) is 1.93. The minimum absolute atomic E-state index is 0.0903. The number of aromatic hydroxyl groups is 1. The summed E-state index contributed by atoms with van der Waals surface area (Å²) in [4.78, 5) is 29.9. The van der Waals surface area contributed by atoms with Gasteiger partial charge in [-0.1, -0.05) is 12.1 Å². The van der Waals surface area contributed by atoms with Crippen LogP contribution in [0.1, 0.15) is 20.7 Å². The first kappa shape index (κ1) is 17.1. The third-order valence-corrected chi connectivity index (χ3v) is 6.29. The molecule has 2 amide bonds. The number of carbonyl (C=O) groups is 2. The molecule has 2 heterocycles. The standard InChI is InChI=1S/C22H18N2O3S/c25-15-6-4-14(5-7-15)24-21(26)17-3-1-2-16-19(23-10-12-28-13-11-23)9-8-18(20(16)17)22(24)27/h1-9,25H,10-13H2. The molecule has 0 aromatic heterocycles. The number of nitrogens with zero attached hydrogens (tertiary/aromatic N) is 2. The predicted octanol–water partition coefficient (Wildman–Crippen LogP) is 3.90. The average Bonchev–Trinajstić information content (AvgIpc) is 2.73. The third kappa shape index (κ3) is 2.56. The highest BCUT2D eigenvalue weighted by Crippen LogP contribution is 2.38. The van der Waals surface area contributed by atoms with Gasteiger partial charge in [-0.2, -0.15) is 11.8 Å². The van der Waals surface area contributed by atoms with Gasteiger partial charge in [-0.25, -0.2) is 4.90 Å². The summed E-state index contributed by atoms with van der Waals surface area (Å²) in [5, 5.41) is 11.2. The fraction of sp³-hybridized carbons (Fsp3) is 0.182. The first-order valence-corrected chi connectivity index (χ1v) is 10.4. The van der Waals surface area contributed by atoms with E-state index in [0.717, 1.165) is 41.1 Å². The molecule has 2 aliphatic rings. The maximum absolute atomic E-state index is 13.2. The van der Waals surface area contributed by atoms with E-state index in [1.165, 1.54) is 17.0 Å². The number of thioether (sulfide) groups is 1. The Bertz CT molecular complexity index is 1080. The third-order valence-electron chi connectivity index (χ3n) is 5.34. The van der Waals surface area contributed by atoms with E-state index in [1.54, 1.807) is 18.2 Å². The van der Waals surface area contributed by atoms with Gasteiger partial charge in [-0.15, -0.1) is 0 Å². The highest BCUT2D eigenvalue weighted by molar-refractivity contribution is 7.99. The Balaban J connectivity index is 1.68. The molecule has 28 heavy (non-hydrogen) atoms. The molecule has 1 N–H and O–H groups in total. The van der Waals surface area contributed by atoms with Crippen molar-refractivity contribution in [3.8, 4) is 5.75 Å². The molecule has 0 spiro atoms. The Hall–Kier alpha value is -2.99. The molecule has 0 aliphatic carbocycles. The molecule has 140 valence electrons. The van der Waals surface area contributed by atoms with Gasteiger partial charge < -0.3 is 10.0 Å². The molecule has 0 radical (unpaired) electrons. The van der Waals surface area contributed by atoms with Crippen molar-refractivity contribution in [3.05, 3.63) is 65.7 Å². The Kier molecular flexibility index (Phi) is 4.02. The van der Waals surface area contributed by atoms with Gasteiger partial charge in [0.1, 0.15) is 5.75 Å². The van der Waals surface area contributed by atoms with Gasteiger partial charge in [-0.3, -0.25) is 9.59 Å². The summed E-state index contributed by atoms with van der Waals surface area (Å²) in [6, 6.07) is 15.6. The van der Waals surface area contributed by atoms with Crippen molar-refractivity contribution in [1.29, 1.82) is 0 Å². The lowest BCUT2D eigenvalue weighted by Crippen LogP contribution is -2.40. The number of rotatable bonds is 2. The van der Waals surface area contributed by atoms with Gasteiger partial charge in [0.15, 0.2) is 0 Å². The topological polar surface area (TPSA) is 60.9 Å². The van der Waals surface area contributed by atoms with Crippen molar-refractivity contribution in [1.82, 2.24) is 0 Å². The van der Waals surface area contributed by atoms with Gasteiger partial charge in [0.05, 0.1) is 5.69 Å². The van der Waals surface area contributed by atoms with Gasteiger partial charge in [0.2, 0.25) is 0 Å². The zero-order valence-electron chi connectivity index (χ0n) is 15.1. The molecule has 6 heteroatoms. The van der Waals surface area contributed by atoms with Crippen LogP contribution in [0.2, 0.25) is 0 Å². The fourth-order valence-electron chi connectivity index (χ4n) is 4.00. The van der Waals surface area contributed by atoms with Crippen molar-refractivity contribution < 1.29 is 14.7 Å². The van der Waals surface area contributed by atoms with Crippen molar-refractivity contribution >= 4 is 45.7 Å². The lowest BCUT2D eigenvalue weighted by Gasteiger charge is -2.32. The van der Waals surface area contributed by atoms with Crippen LogP contribution in [0.5, 0.6) is 5.75 Å². The van der Waals surface area contributed by atoms with Crippen LogP contribution in [-0.4, -0.2) is 41.5 Å². The smallest absolute Gasteiger partial charge is 0.265 e. The summed E-state index contributed by atoms with van der Waals surface area (Å²) in [5.41, 5.74) is 2.61. The number of anilines is 2. The number of carbonyl (C=O) groups excluding carboxylic acids is 2. The van der Waals surface area contributed by atoms with Crippen molar-refractivity contribution in [2.75, 3.05) is 34.4 Å². The average molecular weight is 390 g/mol. The number of amides is 2. The van der Waals surface area contributed by atoms with E-state index < -0.39 is 0 Å². The van der Waals surface area contributed by atoms with Gasteiger partial charge in [0, 0.05) is 52.2 Å². The SMILES string of the molecule is O=C1c2cccc3c(N4CCSCC4)ccc(c23)C(=O)N1c1ccc(O)cc1. The zero-order valence-corrected chi connectivity index (χ0v) is 15.9. The molecular formula is C22H18N2O3S. The van der Waals surface area contributed by atoms with Gasteiger partial charge in [-0.05, 0) is 42.5 Å². The molecule has 0 bridgehead atoms. The largest absolute Gasteiger partial charge is 0.508 e. The highest BCUT2D eigenvalue weighted by atomic mass is 32.2. The van der Waals surface area contributed by atoms with Crippen LogP contribution in [0.25, 0.3) is 10.8 Å². The Labute approximate surface area is 166 Å². The zero-order chi connectivity index (χ0) is 19.3. The number of hydrogen-bond acceptors (Lipinski definition) is 5. The summed E-state index contributed by atoms with van der Waals surface area (Å²) in [5.74, 6) is 1.58. The Morgan fingerprint density at radius 2 is 1.50 bits per heavy atom. The van der Waals surface area contributed by atoms with Crippen LogP contribution < -0.4 is 9.80 Å². The lowest BCUT2D eigenvalue weighted by atomic mass is 9.92. The second kappa shape index (κ2) is 6.56. The first-order chi connectivity index (χ1) is 13.6. The molecule has 3 aromatic rings. The molecular weight excluding hydrogens is 372 g/mol. The van der Waals surface area contributed by atoms with E-state index in [4.69, 9.17) is 0 Å². The quantitative estimate of drug-likeness (QED) is 0.673. The maximum Gasteiger partial charge on any atom is 0.265 e. The van der Waals surface area contributed by atoms with Crippen LogP contribution >= 0.6 is 11.8 Å². The minimum Gasteiger partial charge on any atom is -0.508 e. The van der Waals surface area contributed by atoms with Crippen molar-refractivity contribution in [3.63, 3.8) is 0 Å². The molecule has 2 aliphatic heterocycles. The van der Waals surface area contributed by atoms with E-state index in [-0.39, 0.29) is 17.6 Å². The van der Waals surface area contributed by atoms with Crippen molar-refractivity contribution in [2.24, 2.45) is 0 Å². The van der Waals surface area contributed by atoms with E-state index in [1.807, 2.05) is 36.0 Å². The monoisotopic (exact) mass is 390 g/mol. The van der Waals surface area contributed by atoms with Crippen LogP contribution in [0, 0.1) is 0 Å². The molecule has 5 rings (SSSR count). The second-order valence-electron chi connectivity index (χ2n) is 6.92. The van der Waals surface area contributed by atoms with E-state index in [9.17, 15) is 14.7 Å². The van der Waals surface area contributed by atoms with E-state index >= 15 is 0 Å². The first-order valence-electron chi connectivity index (χ1n) is 9.21. The number of imide groups is 1. The Morgan fingerprint density at radius 3 is 2.21 bits per heavy atom. The molecule has 1 saturated heterocycles. The summed E-state index contributed by atoms with van der Waals surface area (Å²) in [7, 11) is 0.